The number of hydrogen-bond donors (Lipinski definition) is 2. The lowest BCUT2D eigenvalue weighted by molar-refractivity contribution is -0.306. The summed E-state index contributed by atoms with van der Waals surface area (Å²) >= 11 is 0. The van der Waals surface area contributed by atoms with Crippen LogP contribution < -0.4 is 21.3 Å². The van der Waals surface area contributed by atoms with Gasteiger partial charge < -0.3 is 20.5 Å². The van der Waals surface area contributed by atoms with Crippen LogP contribution in [0.25, 0.3) is 0 Å². The summed E-state index contributed by atoms with van der Waals surface area (Å²) in [7, 11) is 1.78. The number of carboxylic acids is 1. The Hall–Kier alpha value is -3.61. The second-order valence-corrected chi connectivity index (χ2v) is 11.4. The van der Waals surface area contributed by atoms with Gasteiger partial charge in [0, 0.05) is 24.0 Å². The van der Waals surface area contributed by atoms with Crippen molar-refractivity contribution in [3.8, 4) is 0 Å². The second-order valence-electron chi connectivity index (χ2n) is 11.4. The van der Waals surface area contributed by atoms with Crippen molar-refractivity contribution in [2.24, 2.45) is 0 Å². The number of hydrogen-bond acceptors (Lipinski definition) is 11. The van der Waals surface area contributed by atoms with Gasteiger partial charge in [0.25, 0.3) is 5.56 Å². The van der Waals surface area contributed by atoms with Crippen LogP contribution in [-0.4, -0.2) is 68.6 Å². The molecule has 0 aliphatic heterocycles. The smallest absolute Gasteiger partial charge is 0.294 e. The Morgan fingerprint density at radius 2 is 1.85 bits per heavy atom. The van der Waals surface area contributed by atoms with Crippen LogP contribution in [0.5, 0.6) is 0 Å². The molecule has 0 spiro atoms. The fraction of sp³-hybridized carbons (Fsp3) is 0.679. The van der Waals surface area contributed by atoms with E-state index in [-0.39, 0.29) is 25.3 Å². The average Bonchev–Trinajstić information content (AvgIpc) is 3.30. The number of carbonyl (C=O) groups excluding carboxylic acids is 3. The third-order valence-corrected chi connectivity index (χ3v) is 6.79. The SMILES string of the molecule is CCCCCCN(C)CC(=O)[C@H](CC(=O)[O-])NC(=O)[C@H](CC)n1cc(C(C)(C)C)nc(NCc2nonc2C)c1=O. The summed E-state index contributed by atoms with van der Waals surface area (Å²) in [5, 5.41) is 24.6. The van der Waals surface area contributed by atoms with Crippen LogP contribution in [0.2, 0.25) is 0 Å². The fourth-order valence-electron chi connectivity index (χ4n) is 4.25. The lowest BCUT2D eigenvalue weighted by Crippen LogP contribution is -2.50. The number of carbonyl (C=O) groups is 3. The molecule has 0 aliphatic carbocycles. The zero-order chi connectivity index (χ0) is 30.7. The molecule has 228 valence electrons. The van der Waals surface area contributed by atoms with Gasteiger partial charge in [-0.1, -0.05) is 64.2 Å². The number of aromatic nitrogens is 4. The average molecular weight is 575 g/mol. The predicted octanol–water partition coefficient (Wildman–Crippen LogP) is 1.50. The lowest BCUT2D eigenvalue weighted by atomic mass is 9.92. The highest BCUT2D eigenvalue weighted by Crippen LogP contribution is 2.22. The van der Waals surface area contributed by atoms with Crippen molar-refractivity contribution < 1.29 is 24.1 Å². The highest BCUT2D eigenvalue weighted by Gasteiger charge is 2.29. The first-order chi connectivity index (χ1) is 19.3. The number of ketones is 1. The van der Waals surface area contributed by atoms with E-state index in [0.717, 1.165) is 25.7 Å². The van der Waals surface area contributed by atoms with E-state index in [0.29, 0.717) is 23.6 Å². The number of Topliss-reactive ketones (excluding diaryl/α,β-unsaturated/α-hetero) is 1. The van der Waals surface area contributed by atoms with E-state index in [4.69, 9.17) is 4.63 Å². The van der Waals surface area contributed by atoms with Gasteiger partial charge in [0.05, 0.1) is 24.8 Å². The van der Waals surface area contributed by atoms with Crippen molar-refractivity contribution in [2.75, 3.05) is 25.5 Å². The van der Waals surface area contributed by atoms with Gasteiger partial charge >= 0.3 is 0 Å². The standard InChI is InChI=1S/C28H45N7O6/c1-8-10-11-12-13-34(7)16-22(36)19(14-24(37)38)30-26(39)21(9-2)35-17-23(28(4,5)6)31-25(27(35)40)29-15-20-18(3)32-41-33-20/h17,19,21H,8-16H2,1-7H3,(H,29,31)(H,30,39)(H,37,38)/p-1/t19-,21-/m0/s1. The van der Waals surface area contributed by atoms with Crippen molar-refractivity contribution in [3.63, 3.8) is 0 Å². The Morgan fingerprint density at radius 1 is 1.15 bits per heavy atom. The Labute approximate surface area is 241 Å². The minimum Gasteiger partial charge on any atom is -0.550 e. The maximum absolute atomic E-state index is 13.5. The first kappa shape index (κ1) is 33.6. The van der Waals surface area contributed by atoms with Crippen molar-refractivity contribution >= 4 is 23.5 Å². The molecule has 2 rings (SSSR count). The number of rotatable bonds is 17. The van der Waals surface area contributed by atoms with Gasteiger partial charge in [0.1, 0.15) is 17.4 Å². The van der Waals surface area contributed by atoms with Crippen LogP contribution in [0.15, 0.2) is 15.6 Å². The molecule has 2 aromatic heterocycles. The first-order valence-electron chi connectivity index (χ1n) is 14.1. The molecule has 0 saturated heterocycles. The molecule has 13 nitrogen and oxygen atoms in total. The van der Waals surface area contributed by atoms with E-state index >= 15 is 0 Å². The summed E-state index contributed by atoms with van der Waals surface area (Å²) < 4.78 is 5.99. The molecular formula is C28H44N7O6-. The monoisotopic (exact) mass is 574 g/mol. The predicted molar refractivity (Wildman–Crippen MR) is 151 cm³/mol. The largest absolute Gasteiger partial charge is 0.550 e. The van der Waals surface area contributed by atoms with E-state index in [1.807, 2.05) is 25.7 Å². The van der Waals surface area contributed by atoms with Crippen molar-refractivity contribution in [2.45, 2.75) is 104 Å². The number of likely N-dealkylation sites (N-methyl/N-ethyl adjacent to an activating group) is 1. The van der Waals surface area contributed by atoms with Crippen LogP contribution in [0.1, 0.15) is 96.3 Å². The third-order valence-electron chi connectivity index (χ3n) is 6.79. The Balaban J connectivity index is 2.31. The van der Waals surface area contributed by atoms with Crippen LogP contribution >= 0.6 is 0 Å². The number of nitrogens with one attached hydrogen (secondary N) is 2. The number of unbranched alkanes of at least 4 members (excludes halogenated alkanes) is 3. The molecule has 0 saturated carbocycles. The number of aryl methyl sites for hydroxylation is 1. The molecule has 2 N–H and O–H groups in total. The molecule has 41 heavy (non-hydrogen) atoms. The summed E-state index contributed by atoms with van der Waals surface area (Å²) in [6, 6.07) is -2.31. The molecule has 0 unspecified atom stereocenters. The number of nitrogens with zero attached hydrogens (tertiary/aromatic N) is 5. The summed E-state index contributed by atoms with van der Waals surface area (Å²) in [5.41, 5.74) is 0.589. The molecule has 1 amide bonds. The van der Waals surface area contributed by atoms with E-state index < -0.39 is 47.1 Å². The topological polar surface area (TPSA) is 175 Å². The maximum Gasteiger partial charge on any atom is 0.294 e. The third kappa shape index (κ3) is 10.1. The van der Waals surface area contributed by atoms with E-state index in [1.165, 1.54) is 10.8 Å². The zero-order valence-electron chi connectivity index (χ0n) is 25.3. The van der Waals surface area contributed by atoms with E-state index in [1.54, 1.807) is 20.9 Å². The minimum absolute atomic E-state index is 0.0122. The quantitative estimate of drug-likeness (QED) is 0.262. The molecule has 13 heteroatoms. The van der Waals surface area contributed by atoms with Crippen molar-refractivity contribution in [1.82, 2.24) is 30.1 Å². The summed E-state index contributed by atoms with van der Waals surface area (Å²) in [6.07, 6.45) is 5.21. The molecule has 0 radical (unpaired) electrons. The van der Waals surface area contributed by atoms with Gasteiger partial charge in [-0.05, 0) is 33.4 Å². The zero-order valence-corrected chi connectivity index (χ0v) is 25.3. The molecular weight excluding hydrogens is 530 g/mol. The Bertz CT molecular complexity index is 1230. The molecule has 0 bridgehead atoms. The molecule has 2 heterocycles. The van der Waals surface area contributed by atoms with Gasteiger partial charge in [-0.3, -0.25) is 23.9 Å². The number of amides is 1. The van der Waals surface area contributed by atoms with Gasteiger partial charge in [-0.25, -0.2) is 9.61 Å². The molecule has 0 aliphatic rings. The highest BCUT2D eigenvalue weighted by atomic mass is 16.6. The molecule has 0 fully saturated rings. The van der Waals surface area contributed by atoms with Crippen molar-refractivity contribution in [1.29, 1.82) is 0 Å². The summed E-state index contributed by atoms with van der Waals surface area (Å²) in [6.45, 7) is 12.1. The number of carboxylic acid groups (broad SMARTS) is 1. The Morgan fingerprint density at radius 3 is 2.41 bits per heavy atom. The fourth-order valence-corrected chi connectivity index (χ4v) is 4.25. The summed E-state index contributed by atoms with van der Waals surface area (Å²) in [5.74, 6) is -2.53. The van der Waals surface area contributed by atoms with Crippen LogP contribution in [0.4, 0.5) is 5.82 Å². The van der Waals surface area contributed by atoms with Crippen LogP contribution in [0, 0.1) is 6.92 Å². The minimum atomic E-state index is -1.46. The number of aliphatic carboxylic acids is 1. The van der Waals surface area contributed by atoms with E-state index in [2.05, 4.69) is 32.9 Å². The Kier molecular flexibility index (Phi) is 12.6. The van der Waals surface area contributed by atoms with Gasteiger partial charge in [0.15, 0.2) is 11.6 Å². The molecule has 2 aromatic rings. The summed E-state index contributed by atoms with van der Waals surface area (Å²) in [4.78, 5) is 57.8. The highest BCUT2D eigenvalue weighted by molar-refractivity contribution is 5.93. The van der Waals surface area contributed by atoms with Crippen LogP contribution in [-0.2, 0) is 26.3 Å². The van der Waals surface area contributed by atoms with E-state index in [9.17, 15) is 24.3 Å². The van der Waals surface area contributed by atoms with Crippen LogP contribution in [0.3, 0.4) is 0 Å². The van der Waals surface area contributed by atoms with Gasteiger partial charge in [-0.2, -0.15) is 0 Å². The maximum atomic E-state index is 13.5. The molecule has 0 aromatic carbocycles. The van der Waals surface area contributed by atoms with Crippen molar-refractivity contribution in [3.05, 3.63) is 33.6 Å². The van der Waals surface area contributed by atoms with Gasteiger partial charge in [-0.15, -0.1) is 0 Å². The lowest BCUT2D eigenvalue weighted by Gasteiger charge is -2.26. The first-order valence-corrected chi connectivity index (χ1v) is 14.1. The van der Waals surface area contributed by atoms with Gasteiger partial charge in [0.2, 0.25) is 5.91 Å². The second kappa shape index (κ2) is 15.4. The molecule has 2 atom stereocenters. The number of anilines is 1. The normalized spacial score (nSPS) is 13.2.